The zero-order valence-corrected chi connectivity index (χ0v) is 14.7. The summed E-state index contributed by atoms with van der Waals surface area (Å²) in [7, 11) is 1.35. The Kier molecular flexibility index (Phi) is 5.66. The summed E-state index contributed by atoms with van der Waals surface area (Å²) < 4.78 is 18.0. The topological polar surface area (TPSA) is 46.6 Å². The highest BCUT2D eigenvalue weighted by Crippen LogP contribution is 2.29. The van der Waals surface area contributed by atoms with E-state index in [4.69, 9.17) is 4.74 Å². The number of Topliss-reactive ketones (excluding diaryl/α,β-unsaturated/α-hetero) is 1. The highest BCUT2D eigenvalue weighted by Gasteiger charge is 2.36. The molecular weight excluding hydrogens is 333 g/mol. The van der Waals surface area contributed by atoms with Crippen LogP contribution in [0.4, 0.5) is 10.1 Å². The smallest absolute Gasteiger partial charge is 0.309 e. The largest absolute Gasteiger partial charge is 0.469 e. The van der Waals surface area contributed by atoms with E-state index in [-0.39, 0.29) is 30.0 Å². The fourth-order valence-corrected chi connectivity index (χ4v) is 3.35. The van der Waals surface area contributed by atoms with Crippen LogP contribution in [0.15, 0.2) is 54.6 Å². The normalized spacial score (nSPS) is 17.3. The maximum Gasteiger partial charge on any atom is 0.309 e. The Morgan fingerprint density at radius 3 is 2.42 bits per heavy atom. The van der Waals surface area contributed by atoms with Gasteiger partial charge in [-0.2, -0.15) is 0 Å². The number of hydrogen-bond donors (Lipinski definition) is 0. The lowest BCUT2D eigenvalue weighted by Gasteiger charge is -2.42. The average molecular weight is 355 g/mol. The number of halogens is 1. The predicted molar refractivity (Wildman–Crippen MR) is 97.4 cm³/mol. The zero-order chi connectivity index (χ0) is 18.5. The summed E-state index contributed by atoms with van der Waals surface area (Å²) in [6.45, 7) is 0.754. The van der Waals surface area contributed by atoms with Crippen molar-refractivity contribution in [2.75, 3.05) is 18.6 Å². The van der Waals surface area contributed by atoms with Gasteiger partial charge >= 0.3 is 5.97 Å². The van der Waals surface area contributed by atoms with Crippen molar-refractivity contribution in [3.8, 4) is 0 Å². The van der Waals surface area contributed by atoms with Crippen molar-refractivity contribution >= 4 is 17.4 Å². The Hall–Kier alpha value is -2.69. The molecule has 0 saturated carbocycles. The number of rotatable bonds is 7. The third-order valence-electron chi connectivity index (χ3n) is 4.86. The van der Waals surface area contributed by atoms with Crippen molar-refractivity contribution in [1.29, 1.82) is 0 Å². The van der Waals surface area contributed by atoms with Gasteiger partial charge in [0.2, 0.25) is 0 Å². The van der Waals surface area contributed by atoms with Crippen LogP contribution in [-0.2, 0) is 20.7 Å². The van der Waals surface area contributed by atoms with Crippen LogP contribution >= 0.6 is 0 Å². The van der Waals surface area contributed by atoms with E-state index in [1.165, 1.54) is 19.2 Å². The molecule has 3 rings (SSSR count). The number of nitrogens with zero attached hydrogens (tertiary/aromatic N) is 1. The molecule has 1 aliphatic rings. The standard InChI is InChI=1S/C21H22FNO3/c1-26-21(25)16(13-15-5-3-2-4-6-15)14-20(24)19-11-12-23(19)18-9-7-17(22)8-10-18/h2-10,16,19H,11-14H2,1H3/t16-,19+/m1/s1. The third kappa shape index (κ3) is 4.10. The zero-order valence-electron chi connectivity index (χ0n) is 14.7. The van der Waals surface area contributed by atoms with E-state index in [0.29, 0.717) is 6.42 Å². The van der Waals surface area contributed by atoms with Crippen LogP contribution in [0.5, 0.6) is 0 Å². The molecule has 0 bridgehead atoms. The highest BCUT2D eigenvalue weighted by atomic mass is 19.1. The number of carbonyl (C=O) groups excluding carboxylic acids is 2. The summed E-state index contributed by atoms with van der Waals surface area (Å²) in [5, 5.41) is 0. The van der Waals surface area contributed by atoms with Crippen molar-refractivity contribution in [1.82, 2.24) is 0 Å². The molecule has 2 aromatic carbocycles. The number of ether oxygens (including phenoxy) is 1. The van der Waals surface area contributed by atoms with Crippen LogP contribution in [0.3, 0.4) is 0 Å². The second kappa shape index (κ2) is 8.13. The SMILES string of the molecule is COC(=O)[C@@H](CC(=O)[C@@H]1CCN1c1ccc(F)cc1)Cc1ccccc1. The molecule has 0 amide bonds. The molecule has 0 spiro atoms. The Balaban J connectivity index is 1.67. The number of carbonyl (C=O) groups is 2. The summed E-state index contributed by atoms with van der Waals surface area (Å²) in [5.74, 6) is -1.14. The predicted octanol–water partition coefficient (Wildman–Crippen LogP) is 3.40. The monoisotopic (exact) mass is 355 g/mol. The Labute approximate surface area is 152 Å². The highest BCUT2D eigenvalue weighted by molar-refractivity contribution is 5.92. The number of methoxy groups -OCH3 is 1. The molecule has 1 saturated heterocycles. The molecule has 0 N–H and O–H groups in total. The summed E-state index contributed by atoms with van der Waals surface area (Å²) >= 11 is 0. The third-order valence-corrected chi connectivity index (χ3v) is 4.86. The van der Waals surface area contributed by atoms with Gasteiger partial charge in [-0.3, -0.25) is 9.59 Å². The molecule has 0 radical (unpaired) electrons. The summed E-state index contributed by atoms with van der Waals surface area (Å²) in [4.78, 5) is 26.9. The van der Waals surface area contributed by atoms with Gasteiger partial charge in [0.05, 0.1) is 19.1 Å². The van der Waals surface area contributed by atoms with Gasteiger partial charge in [0.25, 0.3) is 0 Å². The minimum Gasteiger partial charge on any atom is -0.469 e. The van der Waals surface area contributed by atoms with Crippen molar-refractivity contribution in [2.45, 2.75) is 25.3 Å². The molecule has 0 aromatic heterocycles. The summed E-state index contributed by atoms with van der Waals surface area (Å²) in [6, 6.07) is 15.5. The van der Waals surface area contributed by atoms with E-state index in [9.17, 15) is 14.0 Å². The van der Waals surface area contributed by atoms with Crippen LogP contribution in [-0.4, -0.2) is 31.4 Å². The molecule has 0 aliphatic carbocycles. The quantitative estimate of drug-likeness (QED) is 0.714. The van der Waals surface area contributed by atoms with Crippen LogP contribution in [0.25, 0.3) is 0 Å². The molecule has 2 atom stereocenters. The second-order valence-electron chi connectivity index (χ2n) is 6.55. The number of benzene rings is 2. The van der Waals surface area contributed by atoms with Crippen LogP contribution < -0.4 is 4.90 Å². The van der Waals surface area contributed by atoms with E-state index in [0.717, 1.165) is 24.2 Å². The van der Waals surface area contributed by atoms with E-state index >= 15 is 0 Å². The van der Waals surface area contributed by atoms with Gasteiger partial charge in [0.15, 0.2) is 5.78 Å². The first-order valence-corrected chi connectivity index (χ1v) is 8.75. The Morgan fingerprint density at radius 2 is 1.85 bits per heavy atom. The first-order valence-electron chi connectivity index (χ1n) is 8.75. The number of esters is 1. The molecule has 26 heavy (non-hydrogen) atoms. The van der Waals surface area contributed by atoms with Crippen molar-refractivity contribution in [2.24, 2.45) is 5.92 Å². The molecule has 2 aromatic rings. The van der Waals surface area contributed by atoms with E-state index in [1.807, 2.05) is 35.2 Å². The maximum atomic E-state index is 13.1. The van der Waals surface area contributed by atoms with Crippen LogP contribution in [0.2, 0.25) is 0 Å². The van der Waals surface area contributed by atoms with E-state index in [2.05, 4.69) is 0 Å². The lowest BCUT2D eigenvalue weighted by atomic mass is 9.88. The first-order chi connectivity index (χ1) is 12.6. The van der Waals surface area contributed by atoms with Gasteiger partial charge in [-0.15, -0.1) is 0 Å². The van der Waals surface area contributed by atoms with Gasteiger partial charge in [0, 0.05) is 18.7 Å². The summed E-state index contributed by atoms with van der Waals surface area (Å²) in [5.41, 5.74) is 1.83. The lowest BCUT2D eigenvalue weighted by molar-refractivity contribution is -0.147. The van der Waals surface area contributed by atoms with Gasteiger partial charge in [-0.1, -0.05) is 30.3 Å². The van der Waals surface area contributed by atoms with E-state index < -0.39 is 5.92 Å². The lowest BCUT2D eigenvalue weighted by Crippen LogP contribution is -2.53. The van der Waals surface area contributed by atoms with Gasteiger partial charge < -0.3 is 9.64 Å². The molecule has 5 heteroatoms. The fraction of sp³-hybridized carbons (Fsp3) is 0.333. The first kappa shape index (κ1) is 18.1. The minimum atomic E-state index is -0.495. The van der Waals surface area contributed by atoms with Crippen molar-refractivity contribution in [3.05, 3.63) is 66.0 Å². The second-order valence-corrected chi connectivity index (χ2v) is 6.55. The molecule has 4 nitrogen and oxygen atoms in total. The molecule has 1 fully saturated rings. The van der Waals surface area contributed by atoms with Crippen molar-refractivity contribution < 1.29 is 18.7 Å². The Bertz CT molecular complexity index is 761. The number of hydrogen-bond acceptors (Lipinski definition) is 4. The molecule has 1 heterocycles. The summed E-state index contributed by atoms with van der Waals surface area (Å²) in [6.07, 6.45) is 1.36. The van der Waals surface area contributed by atoms with Crippen molar-refractivity contribution in [3.63, 3.8) is 0 Å². The molecule has 136 valence electrons. The molecule has 0 unspecified atom stereocenters. The number of anilines is 1. The van der Waals surface area contributed by atoms with Gasteiger partial charge in [-0.05, 0) is 42.7 Å². The number of ketones is 1. The van der Waals surface area contributed by atoms with Gasteiger partial charge in [-0.25, -0.2) is 4.39 Å². The molecule has 1 aliphatic heterocycles. The molecular formula is C21H22FNO3. The van der Waals surface area contributed by atoms with E-state index in [1.54, 1.807) is 12.1 Å². The van der Waals surface area contributed by atoms with Gasteiger partial charge in [0.1, 0.15) is 5.82 Å². The van der Waals surface area contributed by atoms with Crippen LogP contribution in [0, 0.1) is 11.7 Å². The van der Waals surface area contributed by atoms with Crippen LogP contribution in [0.1, 0.15) is 18.4 Å². The fourth-order valence-electron chi connectivity index (χ4n) is 3.35. The Morgan fingerprint density at radius 1 is 1.15 bits per heavy atom. The average Bonchev–Trinajstić information content (AvgIpc) is 2.62. The maximum absolute atomic E-state index is 13.1. The minimum absolute atomic E-state index is 0.0203.